The Balaban J connectivity index is -0.000000251. The van der Waals surface area contributed by atoms with Gasteiger partial charge < -0.3 is 19.8 Å². The van der Waals surface area contributed by atoms with E-state index in [0.29, 0.717) is 0 Å². The van der Waals surface area contributed by atoms with Crippen LogP contribution in [0.2, 0.25) is 8.87 Å². The van der Waals surface area contributed by atoms with Crippen molar-refractivity contribution >= 4 is 44.6 Å². The van der Waals surface area contributed by atoms with Gasteiger partial charge in [-0.15, -0.1) is 0 Å². The molecule has 0 atom stereocenters. The topological polar surface area (TPSA) is 114 Å². The van der Waals surface area contributed by atoms with E-state index in [2.05, 4.69) is 27.7 Å². The molecule has 6 nitrogen and oxygen atoms in total. The number of rotatable bonds is 28. The predicted octanol–water partition coefficient (Wildman–Crippen LogP) is 9.00. The maximum absolute atomic E-state index is 10.1. The van der Waals surface area contributed by atoms with E-state index in [0.717, 1.165) is 25.7 Å². The molecule has 0 aromatic carbocycles. The van der Waals surface area contributed by atoms with E-state index in [9.17, 15) is 29.4 Å². The summed E-state index contributed by atoms with van der Waals surface area (Å²) in [5.74, 6) is -1.94. The van der Waals surface area contributed by atoms with Crippen LogP contribution in [-0.4, -0.2) is 44.6 Å². The zero-order valence-corrected chi connectivity index (χ0v) is 32.9. The summed E-state index contributed by atoms with van der Waals surface area (Å²) in [4.78, 5) is 40.3. The van der Waals surface area contributed by atoms with Gasteiger partial charge in [-0.05, 0) is 39.5 Å². The molecule has 0 radical (unpaired) electrons. The Morgan fingerprint density at radius 3 is 0.864 bits per heavy atom. The SMILES string of the molecule is CC(=O)CC(C)=O.CCCCCCCCCCCC(=O)[O-].CCCCCCCCCCCC(=O)[O-].CCC[CH2][Sn+2][CH2]CCC. The molecule has 0 heterocycles. The summed E-state index contributed by atoms with van der Waals surface area (Å²) < 4.78 is 3.25. The van der Waals surface area contributed by atoms with Crippen molar-refractivity contribution in [3.05, 3.63) is 0 Å². The molecule has 0 aliphatic rings. The van der Waals surface area contributed by atoms with Crippen molar-refractivity contribution < 1.29 is 29.4 Å². The molecule has 0 aliphatic heterocycles. The number of Topliss-reactive ketones (excluding diaryl/α,β-unsaturated/α-hetero) is 2. The average Bonchev–Trinajstić information content (AvgIpc) is 2.95. The summed E-state index contributed by atoms with van der Waals surface area (Å²) in [6.07, 6.45) is 28.2. The van der Waals surface area contributed by atoms with Crippen LogP contribution in [0.15, 0.2) is 0 Å². The number of carboxylic acid groups (broad SMARTS) is 2. The van der Waals surface area contributed by atoms with Crippen LogP contribution in [-0.2, 0) is 19.2 Å². The van der Waals surface area contributed by atoms with Crippen molar-refractivity contribution in [2.75, 3.05) is 0 Å². The van der Waals surface area contributed by atoms with E-state index in [4.69, 9.17) is 0 Å². The van der Waals surface area contributed by atoms with Crippen LogP contribution in [0.1, 0.15) is 202 Å². The van der Waals surface area contributed by atoms with Crippen molar-refractivity contribution in [3.63, 3.8) is 0 Å². The van der Waals surface area contributed by atoms with Gasteiger partial charge >= 0.3 is 69.5 Å². The van der Waals surface area contributed by atoms with Gasteiger partial charge in [0.1, 0.15) is 11.6 Å². The summed E-state index contributed by atoms with van der Waals surface area (Å²) in [6.45, 7) is 11.8. The minimum atomic E-state index is -0.909. The van der Waals surface area contributed by atoms with Gasteiger partial charge in [-0.2, -0.15) is 0 Å². The number of carbonyl (C=O) groups is 4. The quantitative estimate of drug-likeness (QED) is 0.0451. The third kappa shape index (κ3) is 68.3. The molecule has 0 aromatic rings. The Hall–Kier alpha value is -0.921. The predicted molar refractivity (Wildman–Crippen MR) is 185 cm³/mol. The van der Waals surface area contributed by atoms with Gasteiger partial charge in [-0.3, -0.25) is 9.59 Å². The fourth-order valence-corrected chi connectivity index (χ4v) is 8.40. The normalized spacial score (nSPS) is 9.77. The van der Waals surface area contributed by atoms with E-state index in [-0.39, 0.29) is 52.0 Å². The van der Waals surface area contributed by atoms with Gasteiger partial charge in [-0.1, -0.05) is 117 Å². The first kappa shape index (κ1) is 49.9. The maximum atomic E-state index is 10.1. The van der Waals surface area contributed by atoms with Gasteiger partial charge in [0.15, 0.2) is 0 Å². The fourth-order valence-electron chi connectivity index (χ4n) is 4.24. The zero-order chi connectivity index (χ0) is 34.1. The summed E-state index contributed by atoms with van der Waals surface area (Å²) >= 11 is 0.149. The van der Waals surface area contributed by atoms with E-state index < -0.39 is 11.9 Å². The van der Waals surface area contributed by atoms with Crippen LogP contribution < -0.4 is 10.2 Å². The summed E-state index contributed by atoms with van der Waals surface area (Å²) in [7, 11) is 0. The molecule has 0 bridgehead atoms. The molecule has 7 heteroatoms. The molecule has 260 valence electrons. The van der Waals surface area contributed by atoms with Crippen LogP contribution in [0.25, 0.3) is 0 Å². The van der Waals surface area contributed by atoms with Crippen LogP contribution in [0.5, 0.6) is 0 Å². The van der Waals surface area contributed by atoms with Crippen LogP contribution in [0.3, 0.4) is 0 Å². The first-order chi connectivity index (χ1) is 21.1. The van der Waals surface area contributed by atoms with Crippen molar-refractivity contribution in [1.82, 2.24) is 0 Å². The minimum absolute atomic E-state index is 0.0625. The van der Waals surface area contributed by atoms with Gasteiger partial charge in [0.05, 0.1) is 6.42 Å². The molecule has 0 saturated carbocycles. The summed E-state index contributed by atoms with van der Waals surface area (Å²) in [5, 5.41) is 20.2. The second kappa shape index (κ2) is 46.5. The molecule has 0 aliphatic carbocycles. The number of aliphatic carboxylic acids is 2. The Morgan fingerprint density at radius 2 is 0.659 bits per heavy atom. The van der Waals surface area contributed by atoms with Gasteiger partial charge in [0.2, 0.25) is 0 Å². The number of carbonyl (C=O) groups excluding carboxylic acids is 4. The third-order valence-corrected chi connectivity index (χ3v) is 10.9. The van der Waals surface area contributed by atoms with Crippen LogP contribution in [0.4, 0.5) is 0 Å². The van der Waals surface area contributed by atoms with E-state index >= 15 is 0 Å². The van der Waals surface area contributed by atoms with Gasteiger partial charge in [0.25, 0.3) is 0 Å². The van der Waals surface area contributed by atoms with E-state index in [1.54, 1.807) is 8.87 Å². The second-order valence-corrected chi connectivity index (χ2v) is 16.2. The first-order valence-electron chi connectivity index (χ1n) is 18.2. The van der Waals surface area contributed by atoms with Gasteiger partial charge in [0, 0.05) is 11.9 Å². The zero-order valence-electron chi connectivity index (χ0n) is 30.0. The number of hydrogen-bond acceptors (Lipinski definition) is 6. The Kier molecular flexibility index (Phi) is 52.8. The number of hydrogen-bond donors (Lipinski definition) is 0. The van der Waals surface area contributed by atoms with Crippen molar-refractivity contribution in [2.24, 2.45) is 0 Å². The molecule has 44 heavy (non-hydrogen) atoms. The van der Waals surface area contributed by atoms with E-state index in [1.807, 2.05) is 0 Å². The number of unbranched alkanes of at least 4 members (excludes halogenated alkanes) is 18. The fraction of sp³-hybridized carbons (Fsp3) is 0.892. The Bertz CT molecular complexity index is 559. The molecule has 0 N–H and O–H groups in total. The van der Waals surface area contributed by atoms with Crippen LogP contribution >= 0.6 is 0 Å². The molecule has 0 saturated heterocycles. The number of carboxylic acids is 2. The molecule has 0 rings (SSSR count). The van der Waals surface area contributed by atoms with Crippen molar-refractivity contribution in [1.29, 1.82) is 0 Å². The summed E-state index contributed by atoms with van der Waals surface area (Å²) in [5.41, 5.74) is 0. The molecule has 0 fully saturated rings. The second-order valence-electron chi connectivity index (χ2n) is 11.9. The Labute approximate surface area is 283 Å². The molecule has 0 spiro atoms. The van der Waals surface area contributed by atoms with E-state index in [1.165, 1.54) is 129 Å². The average molecular weight is 732 g/mol. The van der Waals surface area contributed by atoms with Gasteiger partial charge in [-0.25, -0.2) is 0 Å². The first-order valence-corrected chi connectivity index (χ1v) is 22.2. The molecular weight excluding hydrogens is 659 g/mol. The number of ketones is 2. The third-order valence-electron chi connectivity index (χ3n) is 6.88. The standard InChI is InChI=1S/2C12H24O2.C5H8O2.2C4H9.Sn/c2*1-2-3-4-5-6-7-8-9-10-11-12(13)14;1-4(6)3-5(2)7;2*1-3-4-2;/h2*2-11H2,1H3,(H,13,14);3H2,1-2H3;2*1,3-4H2,2H3;/q;;;;;+2/p-2. The molecular formula is C37H72O6Sn. The molecule has 0 amide bonds. The monoisotopic (exact) mass is 732 g/mol. The Morgan fingerprint density at radius 1 is 0.409 bits per heavy atom. The summed E-state index contributed by atoms with van der Waals surface area (Å²) in [6, 6.07) is 0. The van der Waals surface area contributed by atoms with Crippen molar-refractivity contribution in [3.8, 4) is 0 Å². The molecule has 0 aromatic heterocycles. The van der Waals surface area contributed by atoms with Crippen molar-refractivity contribution in [2.45, 2.75) is 211 Å². The molecule has 0 unspecified atom stereocenters. The van der Waals surface area contributed by atoms with Crippen LogP contribution in [0, 0.1) is 0 Å².